The highest BCUT2D eigenvalue weighted by Gasteiger charge is 2.43. The Bertz CT molecular complexity index is 486. The molecule has 1 N–H and O–H groups in total. The Hall–Kier alpha value is -1.03. The van der Waals surface area contributed by atoms with Gasteiger partial charge in [0, 0.05) is 23.4 Å². The number of ether oxygens (including phenoxy) is 1. The summed E-state index contributed by atoms with van der Waals surface area (Å²) in [6.45, 7) is 10.1. The molecule has 4 heteroatoms. The minimum Gasteiger partial charge on any atom is -0.418 e. The molecule has 0 aromatic carbocycles. The fraction of sp³-hybridized carbons (Fsp3) is 0.636. The number of rotatable bonds is 5. The topological polar surface area (TPSA) is 49.8 Å². The SMILES string of the molecule is CC(C)N(C(=O)O/C=C1\CCCCC[C@]1(C)[C@H](O)[C]1[CH][CH][CH][CH]1)C(C)C. The molecule has 0 saturated heterocycles. The van der Waals surface area contributed by atoms with Crippen LogP contribution in [0.4, 0.5) is 4.79 Å². The number of hydrogen-bond acceptors (Lipinski definition) is 3. The van der Waals surface area contributed by atoms with Crippen molar-refractivity contribution < 1.29 is 14.6 Å². The monoisotopic (exact) mass is 360 g/mol. The second kappa shape index (κ2) is 9.25. The molecule has 0 aliphatic heterocycles. The maximum atomic E-state index is 12.6. The fourth-order valence-corrected chi connectivity index (χ4v) is 4.08. The Balaban J connectivity index is 2.18. The molecule has 0 unspecified atom stereocenters. The molecule has 2 rings (SSSR count). The molecule has 2 aliphatic carbocycles. The second-order valence-electron chi connectivity index (χ2n) is 8.22. The van der Waals surface area contributed by atoms with E-state index in [4.69, 9.17) is 4.74 Å². The van der Waals surface area contributed by atoms with Gasteiger partial charge in [0.05, 0.1) is 12.4 Å². The third kappa shape index (κ3) is 4.82. The van der Waals surface area contributed by atoms with Crippen LogP contribution in [0.1, 0.15) is 66.7 Å². The summed E-state index contributed by atoms with van der Waals surface area (Å²) in [5.74, 6) is 0.928. The van der Waals surface area contributed by atoms with E-state index < -0.39 is 11.5 Å². The van der Waals surface area contributed by atoms with Gasteiger partial charge in [0.25, 0.3) is 0 Å². The highest BCUT2D eigenvalue weighted by molar-refractivity contribution is 5.69. The molecule has 2 atom stereocenters. The average molecular weight is 361 g/mol. The number of amides is 1. The lowest BCUT2D eigenvalue weighted by molar-refractivity contribution is 0.0688. The molecule has 145 valence electrons. The first kappa shape index (κ1) is 21.3. The Morgan fingerprint density at radius 3 is 2.35 bits per heavy atom. The van der Waals surface area contributed by atoms with Crippen molar-refractivity contribution in [1.82, 2.24) is 4.90 Å². The van der Waals surface area contributed by atoms with E-state index in [-0.39, 0.29) is 18.2 Å². The average Bonchev–Trinajstić information content (AvgIpc) is 3.03. The molecule has 2 fully saturated rings. The summed E-state index contributed by atoms with van der Waals surface area (Å²) in [6.07, 6.45) is 13.5. The van der Waals surface area contributed by atoms with E-state index in [1.54, 1.807) is 11.2 Å². The molecular weight excluding hydrogens is 326 g/mol. The van der Waals surface area contributed by atoms with E-state index in [9.17, 15) is 9.90 Å². The van der Waals surface area contributed by atoms with E-state index in [0.29, 0.717) is 0 Å². The fourth-order valence-electron chi connectivity index (χ4n) is 4.08. The van der Waals surface area contributed by atoms with Gasteiger partial charge in [-0.1, -0.05) is 19.8 Å². The number of carbonyl (C=O) groups is 1. The minimum atomic E-state index is -0.591. The summed E-state index contributed by atoms with van der Waals surface area (Å²) in [5.41, 5.74) is 0.621. The van der Waals surface area contributed by atoms with Crippen LogP contribution in [-0.2, 0) is 4.74 Å². The number of hydrogen-bond donors (Lipinski definition) is 1. The van der Waals surface area contributed by atoms with Crippen LogP contribution < -0.4 is 0 Å². The van der Waals surface area contributed by atoms with Crippen LogP contribution in [0, 0.1) is 37.0 Å². The zero-order chi connectivity index (χ0) is 19.3. The van der Waals surface area contributed by atoms with Crippen molar-refractivity contribution in [3.05, 3.63) is 43.4 Å². The van der Waals surface area contributed by atoms with E-state index in [2.05, 4.69) is 6.92 Å². The Morgan fingerprint density at radius 2 is 1.77 bits per heavy atom. The molecule has 0 aromatic heterocycles. The summed E-state index contributed by atoms with van der Waals surface area (Å²) in [6, 6.07) is 0.160. The van der Waals surface area contributed by atoms with E-state index in [1.807, 2.05) is 53.4 Å². The van der Waals surface area contributed by atoms with Gasteiger partial charge in [-0.05, 0) is 78.2 Å². The molecule has 0 heterocycles. The van der Waals surface area contributed by atoms with Crippen LogP contribution in [0.15, 0.2) is 11.8 Å². The van der Waals surface area contributed by atoms with Crippen molar-refractivity contribution in [3.8, 4) is 0 Å². The molecule has 0 bridgehead atoms. The molecule has 4 nitrogen and oxygen atoms in total. The first-order valence-electron chi connectivity index (χ1n) is 9.85. The quantitative estimate of drug-likeness (QED) is 0.562. The van der Waals surface area contributed by atoms with Gasteiger partial charge < -0.3 is 14.7 Å². The highest BCUT2D eigenvalue weighted by atomic mass is 16.5. The van der Waals surface area contributed by atoms with Crippen LogP contribution in [0.25, 0.3) is 0 Å². The summed E-state index contributed by atoms with van der Waals surface area (Å²) in [7, 11) is 0. The molecule has 0 spiro atoms. The maximum absolute atomic E-state index is 12.6. The van der Waals surface area contributed by atoms with Gasteiger partial charge in [-0.3, -0.25) is 0 Å². The van der Waals surface area contributed by atoms with Gasteiger partial charge >= 0.3 is 6.09 Å². The number of carbonyl (C=O) groups excluding carboxylic acids is 1. The lowest BCUT2D eigenvalue weighted by atomic mass is 9.69. The van der Waals surface area contributed by atoms with Gasteiger partial charge in [0.1, 0.15) is 0 Å². The van der Waals surface area contributed by atoms with E-state index in [0.717, 1.165) is 43.6 Å². The van der Waals surface area contributed by atoms with E-state index >= 15 is 0 Å². The minimum absolute atomic E-state index is 0.0799. The zero-order valence-corrected chi connectivity index (χ0v) is 16.9. The Labute approximate surface area is 160 Å². The number of aliphatic hydroxyl groups excluding tert-OH is 1. The number of aliphatic hydroxyl groups is 1. The molecular formula is C22H34NO3. The maximum Gasteiger partial charge on any atom is 0.415 e. The van der Waals surface area contributed by atoms with Gasteiger partial charge in [-0.2, -0.15) is 0 Å². The lowest BCUT2D eigenvalue weighted by Crippen LogP contribution is -2.42. The smallest absolute Gasteiger partial charge is 0.415 e. The first-order valence-corrected chi connectivity index (χ1v) is 9.85. The van der Waals surface area contributed by atoms with Crippen molar-refractivity contribution in [2.45, 2.75) is 84.9 Å². The van der Waals surface area contributed by atoms with Crippen molar-refractivity contribution in [3.63, 3.8) is 0 Å². The van der Waals surface area contributed by atoms with Crippen LogP contribution in [-0.4, -0.2) is 34.3 Å². The Morgan fingerprint density at radius 1 is 1.15 bits per heavy atom. The van der Waals surface area contributed by atoms with Gasteiger partial charge in [-0.15, -0.1) is 0 Å². The van der Waals surface area contributed by atoms with Crippen molar-refractivity contribution in [1.29, 1.82) is 0 Å². The van der Waals surface area contributed by atoms with Crippen LogP contribution in [0.2, 0.25) is 0 Å². The zero-order valence-electron chi connectivity index (χ0n) is 16.9. The van der Waals surface area contributed by atoms with E-state index in [1.165, 1.54) is 0 Å². The normalized spacial score (nSPS) is 27.8. The van der Waals surface area contributed by atoms with Crippen LogP contribution in [0.3, 0.4) is 0 Å². The van der Waals surface area contributed by atoms with Crippen molar-refractivity contribution in [2.24, 2.45) is 5.41 Å². The van der Waals surface area contributed by atoms with Gasteiger partial charge in [0.2, 0.25) is 0 Å². The van der Waals surface area contributed by atoms with Gasteiger partial charge in [0.15, 0.2) is 0 Å². The molecule has 26 heavy (non-hydrogen) atoms. The van der Waals surface area contributed by atoms with Crippen LogP contribution >= 0.6 is 0 Å². The predicted molar refractivity (Wildman–Crippen MR) is 104 cm³/mol. The summed E-state index contributed by atoms with van der Waals surface area (Å²) >= 11 is 0. The summed E-state index contributed by atoms with van der Waals surface area (Å²) < 4.78 is 5.60. The third-order valence-corrected chi connectivity index (χ3v) is 5.61. The highest BCUT2D eigenvalue weighted by Crippen LogP contribution is 2.47. The standard InChI is InChI=1S/C22H34NO3/c1-16(2)23(17(3)4)21(25)26-15-19-13-7-6-10-14-22(19,5)20(24)18-11-8-9-12-18/h8-9,11-12,15-17,20,24H,6-7,10,13-14H2,1-5H3/b19-15+/t20-,22+/m1/s1. The second-order valence-corrected chi connectivity index (χ2v) is 8.22. The molecule has 5 radical (unpaired) electrons. The Kier molecular flexibility index (Phi) is 7.57. The third-order valence-electron chi connectivity index (χ3n) is 5.61. The van der Waals surface area contributed by atoms with Crippen molar-refractivity contribution >= 4 is 6.09 Å². The largest absolute Gasteiger partial charge is 0.418 e. The molecule has 0 aromatic rings. The van der Waals surface area contributed by atoms with Crippen LogP contribution in [0.5, 0.6) is 0 Å². The predicted octanol–water partition coefficient (Wildman–Crippen LogP) is 4.86. The first-order chi connectivity index (χ1) is 12.3. The van der Waals surface area contributed by atoms with Crippen molar-refractivity contribution in [2.75, 3.05) is 0 Å². The molecule has 2 aliphatic rings. The molecule has 1 amide bonds. The summed E-state index contributed by atoms with van der Waals surface area (Å²) in [5, 5.41) is 11.0. The number of nitrogens with zero attached hydrogens (tertiary/aromatic N) is 1. The molecule has 2 saturated carbocycles. The summed E-state index contributed by atoms with van der Waals surface area (Å²) in [4.78, 5) is 14.3. The lowest BCUT2D eigenvalue weighted by Gasteiger charge is -2.38. The van der Waals surface area contributed by atoms with Gasteiger partial charge in [-0.25, -0.2) is 4.79 Å².